The molecule has 2 aromatic rings. The zero-order chi connectivity index (χ0) is 15.1. The topological polar surface area (TPSA) is 37.4 Å². The van der Waals surface area contributed by atoms with Crippen molar-refractivity contribution in [2.75, 3.05) is 4.90 Å². The van der Waals surface area contributed by atoms with E-state index in [9.17, 15) is 14.0 Å². The number of anilines is 1. The van der Waals surface area contributed by atoms with Crippen molar-refractivity contribution in [3.63, 3.8) is 0 Å². The molecule has 0 saturated heterocycles. The van der Waals surface area contributed by atoms with E-state index in [1.54, 1.807) is 24.3 Å². The number of hydrogen-bond acceptors (Lipinski definition) is 2. The van der Waals surface area contributed by atoms with E-state index >= 15 is 0 Å². The highest BCUT2D eigenvalue weighted by molar-refractivity contribution is 9.10. The minimum atomic E-state index is -0.655. The molecule has 0 aromatic heterocycles. The first kappa shape index (κ1) is 14.2. The van der Waals surface area contributed by atoms with E-state index in [0.29, 0.717) is 10.7 Å². The standard InChI is InChI=1S/C15H8BrClFNO2/c16-11-5-10-13(6-12(11)18)19(15(21)14(10)20)7-8-1-3-9(17)4-2-8/h1-6H,7H2. The maximum atomic E-state index is 13.7. The molecule has 0 fully saturated rings. The summed E-state index contributed by atoms with van der Waals surface area (Å²) in [4.78, 5) is 25.3. The summed E-state index contributed by atoms with van der Waals surface area (Å²) in [7, 11) is 0. The average Bonchev–Trinajstić information content (AvgIpc) is 2.67. The van der Waals surface area contributed by atoms with Gasteiger partial charge in [-0.2, -0.15) is 0 Å². The van der Waals surface area contributed by atoms with E-state index in [2.05, 4.69) is 15.9 Å². The fraction of sp³-hybridized carbons (Fsp3) is 0.0667. The average molecular weight is 369 g/mol. The van der Waals surface area contributed by atoms with Gasteiger partial charge >= 0.3 is 0 Å². The molecule has 0 spiro atoms. The van der Waals surface area contributed by atoms with Crippen LogP contribution in [0.4, 0.5) is 10.1 Å². The Morgan fingerprint density at radius 1 is 1.14 bits per heavy atom. The van der Waals surface area contributed by atoms with E-state index in [0.717, 1.165) is 5.56 Å². The molecule has 0 bridgehead atoms. The van der Waals surface area contributed by atoms with Crippen molar-refractivity contribution in [1.82, 2.24) is 0 Å². The third-order valence-electron chi connectivity index (χ3n) is 3.27. The third-order valence-corrected chi connectivity index (χ3v) is 4.13. The first-order valence-electron chi connectivity index (χ1n) is 6.07. The molecule has 3 nitrogen and oxygen atoms in total. The smallest absolute Gasteiger partial charge is 0.299 e. The van der Waals surface area contributed by atoms with Gasteiger partial charge in [-0.3, -0.25) is 9.59 Å². The molecule has 0 radical (unpaired) electrons. The quantitative estimate of drug-likeness (QED) is 0.752. The number of benzene rings is 2. The predicted octanol–water partition coefficient (Wildman–Crippen LogP) is 3.97. The van der Waals surface area contributed by atoms with Crippen molar-refractivity contribution in [3.8, 4) is 0 Å². The second-order valence-electron chi connectivity index (χ2n) is 4.63. The minimum Gasteiger partial charge on any atom is -0.300 e. The Bertz CT molecular complexity index is 761. The number of amides is 1. The van der Waals surface area contributed by atoms with E-state index in [-0.39, 0.29) is 16.6 Å². The van der Waals surface area contributed by atoms with E-state index < -0.39 is 17.5 Å². The molecule has 21 heavy (non-hydrogen) atoms. The summed E-state index contributed by atoms with van der Waals surface area (Å²) >= 11 is 8.83. The maximum Gasteiger partial charge on any atom is 0.299 e. The molecule has 2 aromatic carbocycles. The van der Waals surface area contributed by atoms with Crippen molar-refractivity contribution in [1.29, 1.82) is 0 Å². The van der Waals surface area contributed by atoms with Gasteiger partial charge in [-0.15, -0.1) is 0 Å². The molecule has 1 aliphatic heterocycles. The molecular formula is C15H8BrClFNO2. The van der Waals surface area contributed by atoms with E-state index in [1.807, 2.05) is 0 Å². The van der Waals surface area contributed by atoms with Gasteiger partial charge in [0.1, 0.15) is 5.82 Å². The van der Waals surface area contributed by atoms with Crippen LogP contribution >= 0.6 is 27.5 Å². The van der Waals surface area contributed by atoms with Crippen molar-refractivity contribution >= 4 is 44.9 Å². The van der Waals surface area contributed by atoms with Crippen LogP contribution in [0.2, 0.25) is 5.02 Å². The Labute approximate surface area is 133 Å². The summed E-state index contributed by atoms with van der Waals surface area (Å²) in [6, 6.07) is 9.44. The second-order valence-corrected chi connectivity index (χ2v) is 5.92. The van der Waals surface area contributed by atoms with Gasteiger partial charge in [0.15, 0.2) is 0 Å². The summed E-state index contributed by atoms with van der Waals surface area (Å²) in [6.45, 7) is 0.190. The molecule has 0 saturated carbocycles. The Kier molecular flexibility index (Phi) is 3.55. The fourth-order valence-electron chi connectivity index (χ4n) is 2.22. The summed E-state index contributed by atoms with van der Waals surface area (Å²) in [6.07, 6.45) is 0. The molecule has 0 aliphatic carbocycles. The Morgan fingerprint density at radius 2 is 1.81 bits per heavy atom. The lowest BCUT2D eigenvalue weighted by atomic mass is 10.1. The van der Waals surface area contributed by atoms with Crippen LogP contribution in [0.5, 0.6) is 0 Å². The molecule has 0 atom stereocenters. The Morgan fingerprint density at radius 3 is 2.48 bits per heavy atom. The van der Waals surface area contributed by atoms with Gasteiger partial charge in [0, 0.05) is 5.02 Å². The largest absolute Gasteiger partial charge is 0.300 e. The van der Waals surface area contributed by atoms with Crippen LogP contribution < -0.4 is 4.90 Å². The van der Waals surface area contributed by atoms with E-state index in [4.69, 9.17) is 11.6 Å². The molecule has 106 valence electrons. The first-order valence-corrected chi connectivity index (χ1v) is 7.24. The summed E-state index contributed by atoms with van der Waals surface area (Å²) in [5.41, 5.74) is 1.31. The maximum absolute atomic E-state index is 13.7. The summed E-state index contributed by atoms with van der Waals surface area (Å²) in [5.74, 6) is -1.80. The first-order chi connectivity index (χ1) is 9.97. The van der Waals surface area contributed by atoms with Crippen LogP contribution in [0.15, 0.2) is 40.9 Å². The monoisotopic (exact) mass is 367 g/mol. The van der Waals surface area contributed by atoms with Gasteiger partial charge in [0.25, 0.3) is 11.7 Å². The number of halogens is 3. The molecule has 1 heterocycles. The molecule has 1 aliphatic rings. The zero-order valence-corrected chi connectivity index (χ0v) is 12.9. The lowest BCUT2D eigenvalue weighted by Gasteiger charge is -2.16. The highest BCUT2D eigenvalue weighted by Crippen LogP contribution is 2.34. The van der Waals surface area contributed by atoms with Crippen LogP contribution in [-0.4, -0.2) is 11.7 Å². The van der Waals surface area contributed by atoms with Gasteiger partial charge in [-0.25, -0.2) is 4.39 Å². The number of hydrogen-bond donors (Lipinski definition) is 0. The van der Waals surface area contributed by atoms with Crippen LogP contribution in [0.3, 0.4) is 0 Å². The van der Waals surface area contributed by atoms with Gasteiger partial charge in [-0.1, -0.05) is 23.7 Å². The molecule has 0 N–H and O–H groups in total. The third kappa shape index (κ3) is 2.47. The molecular weight excluding hydrogens is 361 g/mol. The lowest BCUT2D eigenvalue weighted by Crippen LogP contribution is -2.29. The highest BCUT2D eigenvalue weighted by Gasteiger charge is 2.36. The van der Waals surface area contributed by atoms with Crippen LogP contribution in [0.25, 0.3) is 0 Å². The minimum absolute atomic E-state index is 0.163. The molecule has 6 heteroatoms. The van der Waals surface area contributed by atoms with Crippen LogP contribution in [0.1, 0.15) is 15.9 Å². The van der Waals surface area contributed by atoms with Gasteiger partial charge < -0.3 is 4.90 Å². The highest BCUT2D eigenvalue weighted by atomic mass is 79.9. The van der Waals surface area contributed by atoms with Gasteiger partial charge in [0.05, 0.1) is 22.3 Å². The molecule has 3 rings (SSSR count). The Balaban J connectivity index is 2.01. The van der Waals surface area contributed by atoms with Crippen LogP contribution in [0, 0.1) is 5.82 Å². The number of fused-ring (bicyclic) bond motifs is 1. The van der Waals surface area contributed by atoms with Gasteiger partial charge in [0.2, 0.25) is 0 Å². The van der Waals surface area contributed by atoms with Gasteiger partial charge in [-0.05, 0) is 45.8 Å². The number of nitrogens with zero attached hydrogens (tertiary/aromatic N) is 1. The Hall–Kier alpha value is -1.72. The lowest BCUT2D eigenvalue weighted by molar-refractivity contribution is -0.114. The molecule has 0 unspecified atom stereocenters. The number of ketones is 1. The number of carbonyl (C=O) groups is 2. The van der Waals surface area contributed by atoms with Crippen molar-refractivity contribution in [3.05, 3.63) is 62.8 Å². The summed E-state index contributed by atoms with van der Waals surface area (Å²) in [5, 5.41) is 0.581. The van der Waals surface area contributed by atoms with Crippen molar-refractivity contribution < 1.29 is 14.0 Å². The predicted molar refractivity (Wildman–Crippen MR) is 81.1 cm³/mol. The van der Waals surface area contributed by atoms with E-state index in [1.165, 1.54) is 17.0 Å². The number of rotatable bonds is 2. The normalized spacial score (nSPS) is 13.8. The zero-order valence-electron chi connectivity index (χ0n) is 10.6. The number of carbonyl (C=O) groups excluding carboxylic acids is 2. The number of Topliss-reactive ketones (excluding diaryl/α,β-unsaturated/α-hetero) is 1. The second kappa shape index (κ2) is 5.24. The summed E-state index contributed by atoms with van der Waals surface area (Å²) < 4.78 is 13.8. The van der Waals surface area contributed by atoms with Crippen molar-refractivity contribution in [2.24, 2.45) is 0 Å². The molecule has 1 amide bonds. The van der Waals surface area contributed by atoms with Crippen LogP contribution in [-0.2, 0) is 11.3 Å². The fourth-order valence-corrected chi connectivity index (χ4v) is 2.69. The van der Waals surface area contributed by atoms with Crippen molar-refractivity contribution in [2.45, 2.75) is 6.54 Å². The SMILES string of the molecule is O=C1C(=O)N(Cc2ccc(Cl)cc2)c2cc(F)c(Br)cc21.